The average molecular weight is 388 g/mol. The van der Waals surface area contributed by atoms with Crippen molar-refractivity contribution in [2.75, 3.05) is 48.5 Å². The van der Waals surface area contributed by atoms with Crippen molar-refractivity contribution in [1.82, 2.24) is 5.32 Å². The lowest BCUT2D eigenvalue weighted by Crippen LogP contribution is -2.44. The molecule has 2 heterocycles. The molecule has 0 atom stereocenters. The molecule has 2 aromatic carbocycles. The van der Waals surface area contributed by atoms with Crippen LogP contribution in [0.2, 0.25) is 0 Å². The van der Waals surface area contributed by atoms with Gasteiger partial charge in [-0.25, -0.2) is 8.42 Å². The Kier molecular flexibility index (Phi) is 4.74. The molecule has 1 saturated heterocycles. The summed E-state index contributed by atoms with van der Waals surface area (Å²) in [6.07, 6.45) is 0. The topological polar surface area (TPSA) is 61.9 Å². The Hall–Kier alpha value is -2.25. The van der Waals surface area contributed by atoms with E-state index in [0.717, 1.165) is 43.0 Å². The van der Waals surface area contributed by atoms with Gasteiger partial charge in [-0.3, -0.25) is 4.31 Å². The summed E-state index contributed by atoms with van der Waals surface area (Å²) in [5, 5.41) is 3.35. The van der Waals surface area contributed by atoms with Gasteiger partial charge in [0.05, 0.1) is 22.8 Å². The highest BCUT2D eigenvalue weighted by Gasteiger charge is 2.33. The van der Waals surface area contributed by atoms with E-state index in [-0.39, 0.29) is 0 Å². The number of sulfonamides is 1. The van der Waals surface area contributed by atoms with Gasteiger partial charge < -0.3 is 15.0 Å². The Labute approximate surface area is 160 Å². The van der Waals surface area contributed by atoms with Gasteiger partial charge in [0, 0.05) is 26.2 Å². The highest BCUT2D eigenvalue weighted by Crippen LogP contribution is 2.43. The Balaban J connectivity index is 1.82. The van der Waals surface area contributed by atoms with Gasteiger partial charge in [0.1, 0.15) is 6.61 Å². The summed E-state index contributed by atoms with van der Waals surface area (Å²) in [5.74, 6) is 0.672. The first kappa shape index (κ1) is 18.1. The van der Waals surface area contributed by atoms with Crippen molar-refractivity contribution >= 4 is 21.4 Å². The molecule has 0 spiro atoms. The van der Waals surface area contributed by atoms with Crippen LogP contribution in [0, 0.1) is 13.8 Å². The van der Waals surface area contributed by atoms with Gasteiger partial charge in [-0.05, 0) is 43.2 Å². The van der Waals surface area contributed by atoms with Gasteiger partial charge in [0.2, 0.25) is 0 Å². The van der Waals surface area contributed by atoms with Crippen molar-refractivity contribution < 1.29 is 13.2 Å². The van der Waals surface area contributed by atoms with Crippen LogP contribution in [0.1, 0.15) is 11.1 Å². The maximum Gasteiger partial charge on any atom is 0.264 e. The minimum Gasteiger partial charge on any atom is -0.487 e. The molecule has 7 heteroatoms. The van der Waals surface area contributed by atoms with E-state index in [0.29, 0.717) is 29.5 Å². The molecule has 6 nitrogen and oxygen atoms in total. The van der Waals surface area contributed by atoms with Crippen molar-refractivity contribution in [3.05, 3.63) is 47.5 Å². The lowest BCUT2D eigenvalue weighted by atomic mass is 10.1. The van der Waals surface area contributed by atoms with E-state index in [9.17, 15) is 8.42 Å². The summed E-state index contributed by atoms with van der Waals surface area (Å²) >= 11 is 0. The second-order valence-corrected chi connectivity index (χ2v) is 8.89. The molecule has 0 aliphatic carbocycles. The van der Waals surface area contributed by atoms with Gasteiger partial charge >= 0.3 is 0 Å². The summed E-state index contributed by atoms with van der Waals surface area (Å²) in [6.45, 7) is 8.07. The summed E-state index contributed by atoms with van der Waals surface area (Å²) < 4.78 is 34.3. The first-order chi connectivity index (χ1) is 13.0. The molecule has 4 rings (SSSR count). The minimum atomic E-state index is -3.65. The lowest BCUT2D eigenvalue weighted by Gasteiger charge is -2.36. The number of benzene rings is 2. The Morgan fingerprint density at radius 1 is 1.00 bits per heavy atom. The van der Waals surface area contributed by atoms with Gasteiger partial charge in [-0.2, -0.15) is 0 Å². The smallest absolute Gasteiger partial charge is 0.264 e. The number of nitrogens with one attached hydrogen (secondary N) is 1. The Morgan fingerprint density at radius 3 is 2.44 bits per heavy atom. The van der Waals surface area contributed by atoms with Crippen LogP contribution >= 0.6 is 0 Å². The standard InChI is InChI=1S/C20H25N3O3S/c1-15-13-17(22-9-7-21-8-10-22)20-18(14-15)23(11-12-26-20)27(24,25)19-6-4-3-5-16(19)2/h3-6,13-14,21H,7-12H2,1-2H3. The Morgan fingerprint density at radius 2 is 1.70 bits per heavy atom. The predicted molar refractivity (Wildman–Crippen MR) is 107 cm³/mol. The quantitative estimate of drug-likeness (QED) is 0.876. The van der Waals surface area contributed by atoms with Crippen molar-refractivity contribution in [3.8, 4) is 5.75 Å². The van der Waals surface area contributed by atoms with Crippen molar-refractivity contribution in [2.45, 2.75) is 18.7 Å². The Bertz CT molecular complexity index is 953. The molecule has 2 aliphatic heterocycles. The zero-order valence-corrected chi connectivity index (χ0v) is 16.6. The van der Waals surface area contributed by atoms with Gasteiger partial charge in [-0.1, -0.05) is 18.2 Å². The maximum absolute atomic E-state index is 13.4. The molecular formula is C20H25N3O3S. The number of hydrogen-bond acceptors (Lipinski definition) is 5. The molecule has 1 fully saturated rings. The van der Waals surface area contributed by atoms with E-state index in [1.807, 2.05) is 32.0 Å². The third-order valence-electron chi connectivity index (χ3n) is 5.12. The van der Waals surface area contributed by atoms with Crippen LogP contribution in [0.4, 0.5) is 11.4 Å². The lowest BCUT2D eigenvalue weighted by molar-refractivity contribution is 0.315. The van der Waals surface area contributed by atoms with E-state index >= 15 is 0 Å². The molecule has 0 saturated carbocycles. The van der Waals surface area contributed by atoms with Gasteiger partial charge in [0.15, 0.2) is 5.75 Å². The number of fused-ring (bicyclic) bond motifs is 1. The van der Waals surface area contributed by atoms with Gasteiger partial charge in [-0.15, -0.1) is 0 Å². The predicted octanol–water partition coefficient (Wildman–Crippen LogP) is 2.30. The SMILES string of the molecule is Cc1cc(N2CCNCC2)c2c(c1)N(S(=O)(=O)c1ccccc1C)CCO2. The maximum atomic E-state index is 13.4. The van der Waals surface area contributed by atoms with E-state index in [4.69, 9.17) is 4.74 Å². The zero-order chi connectivity index (χ0) is 19.0. The summed E-state index contributed by atoms with van der Waals surface area (Å²) in [7, 11) is -3.65. The van der Waals surface area contributed by atoms with E-state index < -0.39 is 10.0 Å². The molecule has 2 aliphatic rings. The van der Waals surface area contributed by atoms with E-state index in [1.54, 1.807) is 12.1 Å². The number of rotatable bonds is 3. The summed E-state index contributed by atoms with van der Waals surface area (Å²) in [6, 6.07) is 11.1. The van der Waals surface area contributed by atoms with Crippen LogP contribution < -0.4 is 19.3 Å². The van der Waals surface area contributed by atoms with Crippen LogP contribution in [0.5, 0.6) is 5.75 Å². The monoisotopic (exact) mass is 387 g/mol. The number of anilines is 2. The van der Waals surface area contributed by atoms with E-state index in [1.165, 1.54) is 4.31 Å². The van der Waals surface area contributed by atoms with Crippen LogP contribution in [-0.4, -0.2) is 47.7 Å². The molecule has 0 unspecified atom stereocenters. The van der Waals surface area contributed by atoms with Crippen LogP contribution in [0.15, 0.2) is 41.3 Å². The van der Waals surface area contributed by atoms with Gasteiger partial charge in [0.25, 0.3) is 10.0 Å². The first-order valence-corrected chi connectivity index (χ1v) is 10.7. The highest BCUT2D eigenvalue weighted by atomic mass is 32.2. The normalized spacial score (nSPS) is 17.4. The molecule has 0 amide bonds. The number of nitrogens with zero attached hydrogens (tertiary/aromatic N) is 2. The number of piperazine rings is 1. The van der Waals surface area contributed by atoms with Crippen molar-refractivity contribution in [3.63, 3.8) is 0 Å². The largest absolute Gasteiger partial charge is 0.487 e. The number of hydrogen-bond donors (Lipinski definition) is 1. The first-order valence-electron chi connectivity index (χ1n) is 9.30. The average Bonchev–Trinajstić information content (AvgIpc) is 2.67. The second-order valence-electron chi connectivity index (χ2n) is 7.06. The van der Waals surface area contributed by atoms with Crippen LogP contribution in [-0.2, 0) is 10.0 Å². The highest BCUT2D eigenvalue weighted by molar-refractivity contribution is 7.92. The molecule has 0 aromatic heterocycles. The molecule has 2 aromatic rings. The summed E-state index contributed by atoms with van der Waals surface area (Å²) in [5.41, 5.74) is 3.40. The van der Waals surface area contributed by atoms with Crippen LogP contribution in [0.25, 0.3) is 0 Å². The number of aryl methyl sites for hydroxylation is 2. The number of ether oxygens (including phenoxy) is 1. The fraction of sp³-hybridized carbons (Fsp3) is 0.400. The minimum absolute atomic E-state index is 0.314. The molecule has 0 bridgehead atoms. The molecular weight excluding hydrogens is 362 g/mol. The molecule has 0 radical (unpaired) electrons. The zero-order valence-electron chi connectivity index (χ0n) is 15.7. The second kappa shape index (κ2) is 7.05. The molecule has 1 N–H and O–H groups in total. The fourth-order valence-electron chi connectivity index (χ4n) is 3.77. The van der Waals surface area contributed by atoms with Crippen molar-refractivity contribution in [2.24, 2.45) is 0 Å². The molecule has 144 valence electrons. The van der Waals surface area contributed by atoms with E-state index in [2.05, 4.69) is 16.3 Å². The third kappa shape index (κ3) is 3.26. The summed E-state index contributed by atoms with van der Waals surface area (Å²) in [4.78, 5) is 2.62. The fourth-order valence-corrected chi connectivity index (χ4v) is 5.45. The third-order valence-corrected chi connectivity index (χ3v) is 7.10. The van der Waals surface area contributed by atoms with Crippen molar-refractivity contribution in [1.29, 1.82) is 0 Å². The van der Waals surface area contributed by atoms with Crippen LogP contribution in [0.3, 0.4) is 0 Å². The molecule has 27 heavy (non-hydrogen) atoms.